The first kappa shape index (κ1) is 13.3. The summed E-state index contributed by atoms with van der Waals surface area (Å²) in [6, 6.07) is 12.5. The van der Waals surface area contributed by atoms with Gasteiger partial charge in [0.25, 0.3) is 5.91 Å². The molecule has 1 amide bonds. The number of carbonyl (C=O) groups excluding carboxylic acids is 2. The Bertz CT molecular complexity index is 577. The van der Waals surface area contributed by atoms with Crippen LogP contribution < -0.4 is 5.32 Å². The van der Waals surface area contributed by atoms with Gasteiger partial charge in [0.05, 0.1) is 0 Å². The predicted octanol–water partition coefficient (Wildman–Crippen LogP) is 2.85. The van der Waals surface area contributed by atoms with Gasteiger partial charge in [-0.1, -0.05) is 18.2 Å². The number of rotatable bonds is 4. The zero-order valence-corrected chi connectivity index (χ0v) is 11.2. The van der Waals surface area contributed by atoms with E-state index in [4.69, 9.17) is 4.74 Å². The lowest BCUT2D eigenvalue weighted by Gasteiger charge is -2.05. The maximum absolute atomic E-state index is 11.6. The van der Waals surface area contributed by atoms with Crippen molar-refractivity contribution in [2.75, 3.05) is 11.9 Å². The first-order valence-electron chi connectivity index (χ1n) is 5.73. The molecule has 4 nitrogen and oxygen atoms in total. The maximum atomic E-state index is 11.6. The molecular formula is C14H13NO3S. The third-order valence-electron chi connectivity index (χ3n) is 2.33. The van der Waals surface area contributed by atoms with E-state index >= 15 is 0 Å². The Morgan fingerprint density at radius 2 is 1.89 bits per heavy atom. The fraction of sp³-hybridized carbons (Fsp3) is 0.143. The van der Waals surface area contributed by atoms with Crippen LogP contribution in [0.5, 0.6) is 0 Å². The Kier molecular flexibility index (Phi) is 4.30. The zero-order valence-electron chi connectivity index (χ0n) is 10.4. The van der Waals surface area contributed by atoms with Crippen LogP contribution in [0.3, 0.4) is 0 Å². The van der Waals surface area contributed by atoms with E-state index in [1.807, 2.05) is 31.2 Å². The molecule has 19 heavy (non-hydrogen) atoms. The Morgan fingerprint density at radius 3 is 2.53 bits per heavy atom. The third-order valence-corrected chi connectivity index (χ3v) is 3.31. The molecule has 0 unspecified atom stereocenters. The number of hydrogen-bond donors (Lipinski definition) is 1. The highest BCUT2D eigenvalue weighted by atomic mass is 32.1. The van der Waals surface area contributed by atoms with Crippen LogP contribution in [0.25, 0.3) is 0 Å². The minimum atomic E-state index is -0.471. The lowest BCUT2D eigenvalue weighted by Crippen LogP contribution is -2.20. The number of amides is 1. The molecule has 1 N–H and O–H groups in total. The summed E-state index contributed by atoms with van der Waals surface area (Å²) in [5, 5.41) is 2.64. The zero-order chi connectivity index (χ0) is 13.7. The van der Waals surface area contributed by atoms with Crippen molar-refractivity contribution in [2.24, 2.45) is 0 Å². The van der Waals surface area contributed by atoms with Crippen molar-refractivity contribution in [3.63, 3.8) is 0 Å². The molecule has 0 aliphatic carbocycles. The molecule has 0 spiro atoms. The largest absolute Gasteiger partial charge is 0.451 e. The highest BCUT2D eigenvalue weighted by Crippen LogP contribution is 2.15. The second-order valence-corrected chi connectivity index (χ2v) is 5.19. The van der Waals surface area contributed by atoms with E-state index in [0.717, 1.165) is 4.88 Å². The highest BCUT2D eigenvalue weighted by Gasteiger charge is 2.11. The number of ether oxygens (including phenoxy) is 1. The fourth-order valence-electron chi connectivity index (χ4n) is 1.47. The summed E-state index contributed by atoms with van der Waals surface area (Å²) in [5.41, 5.74) is 0.676. The molecule has 0 atom stereocenters. The van der Waals surface area contributed by atoms with Crippen molar-refractivity contribution in [2.45, 2.75) is 6.92 Å². The summed E-state index contributed by atoms with van der Waals surface area (Å²) in [7, 11) is 0. The second kappa shape index (κ2) is 6.15. The summed E-state index contributed by atoms with van der Waals surface area (Å²) in [6.07, 6.45) is 0. The molecule has 0 radical (unpaired) electrons. The number of anilines is 1. The molecule has 2 aromatic rings. The minimum Gasteiger partial charge on any atom is -0.451 e. The van der Waals surface area contributed by atoms with E-state index in [-0.39, 0.29) is 12.5 Å². The molecule has 0 saturated carbocycles. The van der Waals surface area contributed by atoms with Gasteiger partial charge in [0, 0.05) is 10.6 Å². The van der Waals surface area contributed by atoms with E-state index < -0.39 is 5.97 Å². The molecule has 1 aromatic carbocycles. The van der Waals surface area contributed by atoms with Crippen molar-refractivity contribution in [1.82, 2.24) is 0 Å². The SMILES string of the molecule is Cc1ccc(C(=O)OCC(=O)Nc2ccccc2)s1. The summed E-state index contributed by atoms with van der Waals surface area (Å²) in [4.78, 5) is 24.7. The van der Waals surface area contributed by atoms with Gasteiger partial charge in [0.2, 0.25) is 0 Å². The van der Waals surface area contributed by atoms with Gasteiger partial charge in [-0.05, 0) is 31.2 Å². The Labute approximate surface area is 115 Å². The van der Waals surface area contributed by atoms with Crippen LogP contribution in [0.15, 0.2) is 42.5 Å². The molecule has 0 fully saturated rings. The van der Waals surface area contributed by atoms with Gasteiger partial charge in [-0.25, -0.2) is 4.79 Å². The topological polar surface area (TPSA) is 55.4 Å². The van der Waals surface area contributed by atoms with Crippen molar-refractivity contribution >= 4 is 28.9 Å². The molecule has 0 bridgehead atoms. The molecule has 0 aliphatic heterocycles. The first-order chi connectivity index (χ1) is 9.15. The quantitative estimate of drug-likeness (QED) is 0.873. The van der Waals surface area contributed by atoms with E-state index in [9.17, 15) is 9.59 Å². The van der Waals surface area contributed by atoms with E-state index in [1.54, 1.807) is 18.2 Å². The Balaban J connectivity index is 1.82. The number of benzene rings is 1. The summed E-state index contributed by atoms with van der Waals surface area (Å²) >= 11 is 1.35. The van der Waals surface area contributed by atoms with Gasteiger partial charge < -0.3 is 10.1 Å². The minimum absolute atomic E-state index is 0.287. The molecule has 0 saturated heterocycles. The smallest absolute Gasteiger partial charge is 0.348 e. The number of carbonyl (C=O) groups is 2. The average molecular weight is 275 g/mol. The van der Waals surface area contributed by atoms with Crippen LogP contribution >= 0.6 is 11.3 Å². The summed E-state index contributed by atoms with van der Waals surface area (Å²) in [6.45, 7) is 1.62. The van der Waals surface area contributed by atoms with E-state index in [0.29, 0.717) is 10.6 Å². The van der Waals surface area contributed by atoms with Crippen LogP contribution in [0.4, 0.5) is 5.69 Å². The third kappa shape index (κ3) is 3.93. The molecule has 2 rings (SSSR count). The van der Waals surface area contributed by atoms with Crippen LogP contribution in [0.2, 0.25) is 0 Å². The number of esters is 1. The monoisotopic (exact) mass is 275 g/mol. The maximum Gasteiger partial charge on any atom is 0.348 e. The van der Waals surface area contributed by atoms with Crippen LogP contribution in [-0.2, 0) is 9.53 Å². The molecule has 5 heteroatoms. The normalized spacial score (nSPS) is 9.95. The standard InChI is InChI=1S/C14H13NO3S/c1-10-7-8-12(19-10)14(17)18-9-13(16)15-11-5-3-2-4-6-11/h2-8H,9H2,1H3,(H,15,16). The van der Waals surface area contributed by atoms with Crippen molar-refractivity contribution in [3.8, 4) is 0 Å². The molecular weight excluding hydrogens is 262 g/mol. The van der Waals surface area contributed by atoms with Crippen LogP contribution in [-0.4, -0.2) is 18.5 Å². The highest BCUT2D eigenvalue weighted by molar-refractivity contribution is 7.13. The van der Waals surface area contributed by atoms with E-state index in [1.165, 1.54) is 11.3 Å². The summed E-state index contributed by atoms with van der Waals surface area (Å²) < 4.78 is 4.93. The molecule has 98 valence electrons. The van der Waals surface area contributed by atoms with Crippen molar-refractivity contribution < 1.29 is 14.3 Å². The number of para-hydroxylation sites is 1. The van der Waals surface area contributed by atoms with E-state index in [2.05, 4.69) is 5.32 Å². The average Bonchev–Trinajstić information content (AvgIpc) is 2.84. The molecule has 1 aromatic heterocycles. The lowest BCUT2D eigenvalue weighted by molar-refractivity contribution is -0.119. The van der Waals surface area contributed by atoms with Crippen LogP contribution in [0.1, 0.15) is 14.5 Å². The van der Waals surface area contributed by atoms with Gasteiger partial charge in [0.1, 0.15) is 4.88 Å². The Morgan fingerprint density at radius 1 is 1.16 bits per heavy atom. The summed E-state index contributed by atoms with van der Waals surface area (Å²) in [5.74, 6) is -0.825. The lowest BCUT2D eigenvalue weighted by atomic mass is 10.3. The second-order valence-electron chi connectivity index (χ2n) is 3.90. The van der Waals surface area contributed by atoms with Gasteiger partial charge in [-0.3, -0.25) is 4.79 Å². The van der Waals surface area contributed by atoms with Crippen LogP contribution in [0, 0.1) is 6.92 Å². The van der Waals surface area contributed by atoms with Crippen molar-refractivity contribution in [3.05, 3.63) is 52.2 Å². The number of nitrogens with one attached hydrogen (secondary N) is 1. The Hall–Kier alpha value is -2.14. The number of hydrogen-bond acceptors (Lipinski definition) is 4. The van der Waals surface area contributed by atoms with Gasteiger partial charge >= 0.3 is 5.97 Å². The number of aryl methyl sites for hydroxylation is 1. The molecule has 1 heterocycles. The van der Waals surface area contributed by atoms with Crippen molar-refractivity contribution in [1.29, 1.82) is 0 Å². The van der Waals surface area contributed by atoms with Gasteiger partial charge in [0.15, 0.2) is 6.61 Å². The predicted molar refractivity (Wildman–Crippen MR) is 74.4 cm³/mol. The molecule has 0 aliphatic rings. The van der Waals surface area contributed by atoms with Gasteiger partial charge in [-0.15, -0.1) is 11.3 Å². The number of thiophene rings is 1. The first-order valence-corrected chi connectivity index (χ1v) is 6.55. The van der Waals surface area contributed by atoms with Gasteiger partial charge in [-0.2, -0.15) is 0 Å². The fourth-order valence-corrected chi connectivity index (χ4v) is 2.23.